The Bertz CT molecular complexity index is 881. The molecule has 0 fully saturated rings. The summed E-state index contributed by atoms with van der Waals surface area (Å²) in [5.74, 6) is 6.57. The molecule has 1 heterocycles. The summed E-state index contributed by atoms with van der Waals surface area (Å²) in [4.78, 5) is 0. The number of aryl methyl sites for hydroxylation is 3. The number of pyridine rings is 1. The van der Waals surface area contributed by atoms with Gasteiger partial charge in [-0.05, 0) is 35.7 Å². The molecule has 0 amide bonds. The molecule has 0 aliphatic heterocycles. The second-order valence-corrected chi connectivity index (χ2v) is 6.39. The van der Waals surface area contributed by atoms with E-state index in [1.807, 2.05) is 6.07 Å². The average molecular weight is 326 g/mol. The van der Waals surface area contributed by atoms with Crippen molar-refractivity contribution in [3.63, 3.8) is 0 Å². The van der Waals surface area contributed by atoms with Crippen LogP contribution in [-0.4, -0.2) is 0 Å². The lowest BCUT2D eigenvalue weighted by Gasteiger charge is -2.01. The first kappa shape index (κ1) is 17.0. The van der Waals surface area contributed by atoms with E-state index in [0.717, 1.165) is 24.9 Å². The number of unbranched alkanes of at least 4 members (excludes halogenated alkanes) is 1. The molecular formula is C24H24N+. The van der Waals surface area contributed by atoms with Crippen molar-refractivity contribution in [3.05, 3.63) is 89.7 Å². The quantitative estimate of drug-likeness (QED) is 0.357. The minimum Gasteiger partial charge on any atom is -0.203 e. The number of aromatic nitrogens is 1. The third kappa shape index (κ3) is 4.81. The van der Waals surface area contributed by atoms with Crippen LogP contribution >= 0.6 is 0 Å². The molecule has 1 aromatic heterocycles. The molecular weight excluding hydrogens is 302 g/mol. The van der Waals surface area contributed by atoms with Gasteiger partial charge in [-0.1, -0.05) is 54.3 Å². The van der Waals surface area contributed by atoms with Crippen LogP contribution < -0.4 is 4.57 Å². The molecule has 124 valence electrons. The molecule has 1 heteroatoms. The van der Waals surface area contributed by atoms with Crippen LogP contribution in [0.1, 0.15) is 29.7 Å². The van der Waals surface area contributed by atoms with Gasteiger partial charge >= 0.3 is 0 Å². The van der Waals surface area contributed by atoms with Gasteiger partial charge in [-0.25, -0.2) is 4.57 Å². The van der Waals surface area contributed by atoms with Crippen molar-refractivity contribution in [2.45, 2.75) is 33.2 Å². The molecule has 0 bridgehead atoms. The van der Waals surface area contributed by atoms with E-state index in [2.05, 4.69) is 97.1 Å². The predicted molar refractivity (Wildman–Crippen MR) is 104 cm³/mol. The molecule has 0 atom stereocenters. The third-order valence-corrected chi connectivity index (χ3v) is 4.33. The van der Waals surface area contributed by atoms with Crippen LogP contribution in [0.3, 0.4) is 0 Å². The monoisotopic (exact) mass is 326 g/mol. The topological polar surface area (TPSA) is 3.88 Å². The van der Waals surface area contributed by atoms with Crippen molar-refractivity contribution in [1.29, 1.82) is 0 Å². The second-order valence-electron chi connectivity index (χ2n) is 6.39. The summed E-state index contributed by atoms with van der Waals surface area (Å²) in [6.45, 7) is 5.31. The van der Waals surface area contributed by atoms with Gasteiger partial charge < -0.3 is 0 Å². The molecule has 0 aliphatic carbocycles. The van der Waals surface area contributed by atoms with Gasteiger partial charge in [0.25, 0.3) is 0 Å². The van der Waals surface area contributed by atoms with E-state index < -0.39 is 0 Å². The maximum Gasteiger partial charge on any atom is 0.178 e. The molecule has 3 rings (SSSR count). The lowest BCUT2D eigenvalue weighted by Crippen LogP contribution is -2.36. The largest absolute Gasteiger partial charge is 0.203 e. The lowest BCUT2D eigenvalue weighted by atomic mass is 10.0. The Morgan fingerprint density at radius 1 is 0.840 bits per heavy atom. The van der Waals surface area contributed by atoms with Crippen LogP contribution in [0.15, 0.2) is 72.9 Å². The maximum atomic E-state index is 3.30. The summed E-state index contributed by atoms with van der Waals surface area (Å²) in [6, 6.07) is 23.3. The number of rotatable bonds is 4. The first-order valence-corrected chi connectivity index (χ1v) is 8.83. The number of benzene rings is 2. The van der Waals surface area contributed by atoms with E-state index in [4.69, 9.17) is 0 Å². The van der Waals surface area contributed by atoms with E-state index in [0.29, 0.717) is 0 Å². The molecule has 0 unspecified atom stereocenters. The van der Waals surface area contributed by atoms with Gasteiger partial charge in [-0.15, -0.1) is 0 Å². The van der Waals surface area contributed by atoms with E-state index in [1.54, 1.807) is 0 Å². The second kappa shape index (κ2) is 8.31. The number of hydrogen-bond acceptors (Lipinski definition) is 0. The van der Waals surface area contributed by atoms with Crippen molar-refractivity contribution in [2.75, 3.05) is 0 Å². The fraction of sp³-hybridized carbons (Fsp3) is 0.208. The summed E-state index contributed by atoms with van der Waals surface area (Å²) in [5, 5.41) is 0. The Hall–Kier alpha value is -2.85. The Morgan fingerprint density at radius 2 is 1.56 bits per heavy atom. The Balaban J connectivity index is 1.53. The van der Waals surface area contributed by atoms with E-state index >= 15 is 0 Å². The van der Waals surface area contributed by atoms with Crippen LogP contribution in [0, 0.1) is 25.7 Å². The molecule has 3 aromatic rings. The Labute approximate surface area is 151 Å². The molecule has 0 saturated heterocycles. The molecule has 0 spiro atoms. The lowest BCUT2D eigenvalue weighted by molar-refractivity contribution is -0.703. The van der Waals surface area contributed by atoms with E-state index in [1.165, 1.54) is 22.4 Å². The van der Waals surface area contributed by atoms with Crippen LogP contribution in [0.2, 0.25) is 0 Å². The molecule has 25 heavy (non-hydrogen) atoms. The Kier molecular flexibility index (Phi) is 5.65. The van der Waals surface area contributed by atoms with Gasteiger partial charge in [0.15, 0.2) is 11.9 Å². The van der Waals surface area contributed by atoms with E-state index in [9.17, 15) is 0 Å². The molecule has 0 saturated carbocycles. The number of nitrogens with zero attached hydrogens (tertiary/aromatic N) is 1. The first-order valence-electron chi connectivity index (χ1n) is 8.83. The van der Waals surface area contributed by atoms with Gasteiger partial charge in [0.1, 0.15) is 6.54 Å². The summed E-state index contributed by atoms with van der Waals surface area (Å²) in [7, 11) is 0. The van der Waals surface area contributed by atoms with Crippen LogP contribution in [0.4, 0.5) is 0 Å². The molecule has 2 aromatic carbocycles. The van der Waals surface area contributed by atoms with E-state index in [-0.39, 0.29) is 0 Å². The highest BCUT2D eigenvalue weighted by Gasteiger charge is 2.04. The fourth-order valence-corrected chi connectivity index (χ4v) is 2.92. The highest BCUT2D eigenvalue weighted by atomic mass is 14.9. The van der Waals surface area contributed by atoms with Crippen molar-refractivity contribution in [2.24, 2.45) is 0 Å². The van der Waals surface area contributed by atoms with Crippen molar-refractivity contribution in [3.8, 4) is 23.0 Å². The molecule has 1 nitrogen and oxygen atoms in total. The van der Waals surface area contributed by atoms with Crippen molar-refractivity contribution < 1.29 is 4.57 Å². The zero-order chi connectivity index (χ0) is 17.5. The molecule has 0 N–H and O–H groups in total. The Morgan fingerprint density at radius 3 is 2.28 bits per heavy atom. The highest BCUT2D eigenvalue weighted by molar-refractivity contribution is 5.64. The SMILES string of the molecule is Cc1cc[n+](CCCC#Cc2ccc(-c3ccccc3)cc2)c(C)c1. The number of hydrogen-bond donors (Lipinski definition) is 0. The fourth-order valence-electron chi connectivity index (χ4n) is 2.92. The van der Waals surface area contributed by atoms with Crippen molar-refractivity contribution >= 4 is 0 Å². The van der Waals surface area contributed by atoms with Crippen LogP contribution in [0.25, 0.3) is 11.1 Å². The summed E-state index contributed by atoms with van der Waals surface area (Å²) < 4.78 is 2.29. The average Bonchev–Trinajstić information content (AvgIpc) is 2.64. The summed E-state index contributed by atoms with van der Waals surface area (Å²) in [6.07, 6.45) is 4.16. The van der Waals surface area contributed by atoms with Gasteiger partial charge in [0.2, 0.25) is 0 Å². The maximum absolute atomic E-state index is 3.30. The van der Waals surface area contributed by atoms with Gasteiger partial charge in [0, 0.05) is 37.5 Å². The standard InChI is InChI=1S/C24H24N/c1-20-16-18-25(21(2)19-20)17-8-4-5-9-22-12-14-24(15-13-22)23-10-6-3-7-11-23/h3,6-7,10-16,18-19H,4,8,17H2,1-2H3/q+1. The van der Waals surface area contributed by atoms with Crippen LogP contribution in [0.5, 0.6) is 0 Å². The van der Waals surface area contributed by atoms with Crippen LogP contribution in [-0.2, 0) is 6.54 Å². The zero-order valence-corrected chi connectivity index (χ0v) is 15.0. The molecule has 0 aliphatic rings. The minimum atomic E-state index is 0.917. The van der Waals surface area contributed by atoms with Gasteiger partial charge in [0.05, 0.1) is 0 Å². The normalized spacial score (nSPS) is 10.2. The van der Waals surface area contributed by atoms with Crippen molar-refractivity contribution in [1.82, 2.24) is 0 Å². The highest BCUT2D eigenvalue weighted by Crippen LogP contribution is 2.18. The smallest absolute Gasteiger partial charge is 0.178 e. The van der Waals surface area contributed by atoms with Gasteiger partial charge in [-0.3, -0.25) is 0 Å². The third-order valence-electron chi connectivity index (χ3n) is 4.33. The minimum absolute atomic E-state index is 0.917. The predicted octanol–water partition coefficient (Wildman–Crippen LogP) is 5.09. The zero-order valence-electron chi connectivity index (χ0n) is 15.0. The van der Waals surface area contributed by atoms with Gasteiger partial charge in [-0.2, -0.15) is 0 Å². The summed E-state index contributed by atoms with van der Waals surface area (Å²) >= 11 is 0. The first-order chi connectivity index (χ1) is 12.2. The molecule has 0 radical (unpaired) electrons. The summed E-state index contributed by atoms with van der Waals surface area (Å²) in [5.41, 5.74) is 6.18.